The molecule has 1 unspecified atom stereocenters. The number of halogens is 1. The number of primary amides is 1. The van der Waals surface area contributed by atoms with Crippen molar-refractivity contribution in [3.8, 4) is 0 Å². The molecular formula is C13H14ClN3O4. The maximum absolute atomic E-state index is 12.5. The predicted molar refractivity (Wildman–Crippen MR) is 75.9 cm³/mol. The van der Waals surface area contributed by atoms with E-state index in [-0.39, 0.29) is 17.1 Å². The van der Waals surface area contributed by atoms with Crippen LogP contribution in [0.15, 0.2) is 18.2 Å². The minimum atomic E-state index is -0.676. The normalized spacial score (nSPS) is 18.3. The smallest absolute Gasteiger partial charge is 0.300 e. The fraction of sp³-hybridized carbons (Fsp3) is 0.385. The van der Waals surface area contributed by atoms with E-state index in [0.29, 0.717) is 19.4 Å². The van der Waals surface area contributed by atoms with E-state index in [2.05, 4.69) is 0 Å². The van der Waals surface area contributed by atoms with Crippen LogP contribution in [0.25, 0.3) is 0 Å². The lowest BCUT2D eigenvalue weighted by Gasteiger charge is -2.31. The standard InChI is InChI=1S/C13H14ClN3O4/c14-10-5-1-4-9(11(10)17(20)21)13(19)16-6-2-3-8(7-16)12(15)18/h1,4-5,8H,2-3,6-7H2,(H2,15,18). The monoisotopic (exact) mass is 311 g/mol. The molecule has 2 N–H and O–H groups in total. The minimum absolute atomic E-state index is 0.0716. The molecule has 1 atom stereocenters. The van der Waals surface area contributed by atoms with Gasteiger partial charge >= 0.3 is 5.69 Å². The highest BCUT2D eigenvalue weighted by atomic mass is 35.5. The Morgan fingerprint density at radius 3 is 2.76 bits per heavy atom. The van der Waals surface area contributed by atoms with E-state index in [1.54, 1.807) is 0 Å². The van der Waals surface area contributed by atoms with Crippen molar-refractivity contribution in [1.82, 2.24) is 4.90 Å². The van der Waals surface area contributed by atoms with Crippen LogP contribution in [0.3, 0.4) is 0 Å². The van der Waals surface area contributed by atoms with Crippen molar-refractivity contribution < 1.29 is 14.5 Å². The molecule has 1 aliphatic heterocycles. The average molecular weight is 312 g/mol. The second kappa shape index (κ2) is 6.09. The first kappa shape index (κ1) is 15.2. The molecule has 1 saturated heterocycles. The van der Waals surface area contributed by atoms with Gasteiger partial charge in [0, 0.05) is 13.1 Å². The van der Waals surface area contributed by atoms with E-state index in [1.165, 1.54) is 23.1 Å². The molecule has 1 fully saturated rings. The number of nitrogens with two attached hydrogens (primary N) is 1. The Bertz CT molecular complexity index is 605. The number of likely N-dealkylation sites (tertiary alicyclic amines) is 1. The van der Waals surface area contributed by atoms with E-state index in [4.69, 9.17) is 17.3 Å². The fourth-order valence-corrected chi connectivity index (χ4v) is 2.68. The summed E-state index contributed by atoms with van der Waals surface area (Å²) >= 11 is 5.80. The van der Waals surface area contributed by atoms with Gasteiger partial charge in [-0.15, -0.1) is 0 Å². The number of para-hydroxylation sites is 1. The van der Waals surface area contributed by atoms with Crippen LogP contribution in [0.4, 0.5) is 5.69 Å². The number of nitro groups is 1. The van der Waals surface area contributed by atoms with Gasteiger partial charge in [-0.25, -0.2) is 0 Å². The van der Waals surface area contributed by atoms with Crippen LogP contribution in [-0.4, -0.2) is 34.7 Å². The predicted octanol–water partition coefficient (Wildman–Crippen LogP) is 1.59. The second-order valence-corrected chi connectivity index (χ2v) is 5.29. The summed E-state index contributed by atoms with van der Waals surface area (Å²) in [6, 6.07) is 4.21. The van der Waals surface area contributed by atoms with Gasteiger partial charge in [-0.1, -0.05) is 17.7 Å². The third-order valence-electron chi connectivity index (χ3n) is 3.51. The highest BCUT2D eigenvalue weighted by Gasteiger charge is 2.31. The first-order valence-electron chi connectivity index (χ1n) is 6.43. The summed E-state index contributed by atoms with van der Waals surface area (Å²) in [5, 5.41) is 11.0. The Balaban J connectivity index is 2.30. The summed E-state index contributed by atoms with van der Waals surface area (Å²) in [5.74, 6) is -1.39. The molecule has 7 nitrogen and oxygen atoms in total. The Labute approximate surface area is 125 Å². The Morgan fingerprint density at radius 1 is 1.43 bits per heavy atom. The summed E-state index contributed by atoms with van der Waals surface area (Å²) in [4.78, 5) is 35.5. The molecule has 0 aliphatic carbocycles. The average Bonchev–Trinajstić information content (AvgIpc) is 2.45. The molecule has 2 amide bonds. The maximum atomic E-state index is 12.5. The SMILES string of the molecule is NC(=O)C1CCCN(C(=O)c2cccc(Cl)c2[N+](=O)[O-])C1. The van der Waals surface area contributed by atoms with E-state index in [1.807, 2.05) is 0 Å². The zero-order chi connectivity index (χ0) is 15.6. The van der Waals surface area contributed by atoms with Crippen LogP contribution in [0.2, 0.25) is 5.02 Å². The quantitative estimate of drug-likeness (QED) is 0.675. The van der Waals surface area contributed by atoms with Gasteiger partial charge in [0.1, 0.15) is 10.6 Å². The van der Waals surface area contributed by atoms with E-state index in [0.717, 1.165) is 0 Å². The van der Waals surface area contributed by atoms with Crippen LogP contribution in [0.5, 0.6) is 0 Å². The Kier molecular flexibility index (Phi) is 4.42. The lowest BCUT2D eigenvalue weighted by atomic mass is 9.96. The number of nitrogens with zero attached hydrogens (tertiary/aromatic N) is 2. The second-order valence-electron chi connectivity index (χ2n) is 4.89. The van der Waals surface area contributed by atoms with E-state index < -0.39 is 28.3 Å². The number of carbonyl (C=O) groups is 2. The summed E-state index contributed by atoms with van der Waals surface area (Å²) in [7, 11) is 0. The van der Waals surface area contributed by atoms with Crippen LogP contribution in [0.1, 0.15) is 23.2 Å². The third-order valence-corrected chi connectivity index (χ3v) is 3.82. The van der Waals surface area contributed by atoms with Crippen LogP contribution in [0, 0.1) is 16.0 Å². The highest BCUT2D eigenvalue weighted by Crippen LogP contribution is 2.30. The van der Waals surface area contributed by atoms with Crippen molar-refractivity contribution in [2.45, 2.75) is 12.8 Å². The largest absolute Gasteiger partial charge is 0.369 e. The number of amides is 2. The van der Waals surface area contributed by atoms with Gasteiger partial charge in [-0.3, -0.25) is 19.7 Å². The summed E-state index contributed by atoms with van der Waals surface area (Å²) in [5.41, 5.74) is 4.78. The van der Waals surface area contributed by atoms with Gasteiger partial charge < -0.3 is 10.6 Å². The van der Waals surface area contributed by atoms with Gasteiger partial charge in [0.25, 0.3) is 5.91 Å². The molecule has 1 aromatic rings. The van der Waals surface area contributed by atoms with E-state index in [9.17, 15) is 19.7 Å². The van der Waals surface area contributed by atoms with Crippen molar-refractivity contribution in [1.29, 1.82) is 0 Å². The van der Waals surface area contributed by atoms with Gasteiger partial charge in [-0.2, -0.15) is 0 Å². The number of hydrogen-bond acceptors (Lipinski definition) is 4. The third kappa shape index (κ3) is 3.13. The van der Waals surface area contributed by atoms with Gasteiger partial charge in [-0.05, 0) is 25.0 Å². The van der Waals surface area contributed by atoms with Crippen molar-refractivity contribution in [3.63, 3.8) is 0 Å². The summed E-state index contributed by atoms with van der Waals surface area (Å²) in [6.45, 7) is 0.615. The Hall–Kier alpha value is -2.15. The summed E-state index contributed by atoms with van der Waals surface area (Å²) < 4.78 is 0. The topological polar surface area (TPSA) is 107 Å². The molecule has 0 radical (unpaired) electrons. The van der Waals surface area contributed by atoms with Crippen molar-refractivity contribution in [3.05, 3.63) is 38.9 Å². The lowest BCUT2D eigenvalue weighted by molar-refractivity contribution is -0.385. The van der Waals surface area contributed by atoms with Crippen molar-refractivity contribution >= 4 is 29.1 Å². The fourth-order valence-electron chi connectivity index (χ4n) is 2.44. The lowest BCUT2D eigenvalue weighted by Crippen LogP contribution is -2.44. The maximum Gasteiger partial charge on any atom is 0.300 e. The molecule has 1 heterocycles. The number of rotatable bonds is 3. The number of piperidine rings is 1. The zero-order valence-corrected chi connectivity index (χ0v) is 11.9. The molecule has 0 spiro atoms. The molecule has 21 heavy (non-hydrogen) atoms. The van der Waals surface area contributed by atoms with Gasteiger partial charge in [0.2, 0.25) is 5.91 Å². The molecule has 1 aromatic carbocycles. The number of hydrogen-bond donors (Lipinski definition) is 1. The van der Waals surface area contributed by atoms with Crippen molar-refractivity contribution in [2.24, 2.45) is 11.7 Å². The molecule has 2 rings (SSSR count). The molecule has 1 aliphatic rings. The van der Waals surface area contributed by atoms with Crippen LogP contribution >= 0.6 is 11.6 Å². The first-order valence-corrected chi connectivity index (χ1v) is 6.81. The molecule has 0 bridgehead atoms. The minimum Gasteiger partial charge on any atom is -0.369 e. The summed E-state index contributed by atoms with van der Waals surface area (Å²) in [6.07, 6.45) is 1.25. The number of benzene rings is 1. The number of carbonyl (C=O) groups excluding carboxylic acids is 2. The molecular weight excluding hydrogens is 298 g/mol. The molecule has 8 heteroatoms. The molecule has 112 valence electrons. The molecule has 0 saturated carbocycles. The highest BCUT2D eigenvalue weighted by molar-refractivity contribution is 6.33. The van der Waals surface area contributed by atoms with Gasteiger partial charge in [0.05, 0.1) is 10.8 Å². The zero-order valence-electron chi connectivity index (χ0n) is 11.1. The first-order chi connectivity index (χ1) is 9.91. The van der Waals surface area contributed by atoms with E-state index >= 15 is 0 Å². The number of nitro benzene ring substituents is 1. The van der Waals surface area contributed by atoms with Gasteiger partial charge in [0.15, 0.2) is 0 Å². The Morgan fingerprint density at radius 2 is 2.14 bits per heavy atom. The van der Waals surface area contributed by atoms with Crippen molar-refractivity contribution in [2.75, 3.05) is 13.1 Å². The van der Waals surface area contributed by atoms with Crippen LogP contribution in [-0.2, 0) is 4.79 Å². The van der Waals surface area contributed by atoms with Crippen LogP contribution < -0.4 is 5.73 Å². The molecule has 0 aromatic heterocycles.